The van der Waals surface area contributed by atoms with Gasteiger partial charge in [-0.15, -0.1) is 11.3 Å². The standard InChI is InChI=1S/C10H13Br2NO2S/c1-2-13(4-3-5-14)10(15)7-6-8(11)16-9(7)12/h6,14H,2-5H2,1H3. The Morgan fingerprint density at radius 2 is 2.25 bits per heavy atom. The molecule has 1 heterocycles. The van der Waals surface area contributed by atoms with Crippen molar-refractivity contribution in [1.29, 1.82) is 0 Å². The van der Waals surface area contributed by atoms with E-state index < -0.39 is 0 Å². The molecule has 0 atom stereocenters. The molecule has 0 aliphatic carbocycles. The third kappa shape index (κ3) is 3.55. The Labute approximate surface area is 116 Å². The van der Waals surface area contributed by atoms with Gasteiger partial charge in [-0.25, -0.2) is 0 Å². The van der Waals surface area contributed by atoms with Crippen molar-refractivity contribution in [2.75, 3.05) is 19.7 Å². The van der Waals surface area contributed by atoms with Crippen molar-refractivity contribution in [3.05, 3.63) is 19.2 Å². The van der Waals surface area contributed by atoms with Gasteiger partial charge in [0.1, 0.15) is 0 Å². The summed E-state index contributed by atoms with van der Waals surface area (Å²) in [4.78, 5) is 13.8. The molecule has 0 saturated carbocycles. The van der Waals surface area contributed by atoms with E-state index in [2.05, 4.69) is 31.9 Å². The molecule has 3 nitrogen and oxygen atoms in total. The maximum absolute atomic E-state index is 12.1. The van der Waals surface area contributed by atoms with Crippen LogP contribution in [0.15, 0.2) is 13.6 Å². The molecule has 16 heavy (non-hydrogen) atoms. The fraction of sp³-hybridized carbons (Fsp3) is 0.500. The van der Waals surface area contributed by atoms with E-state index >= 15 is 0 Å². The fourth-order valence-corrected chi connectivity index (χ4v) is 4.10. The molecule has 90 valence electrons. The van der Waals surface area contributed by atoms with Gasteiger partial charge in [-0.2, -0.15) is 0 Å². The lowest BCUT2D eigenvalue weighted by molar-refractivity contribution is 0.0754. The zero-order valence-electron chi connectivity index (χ0n) is 8.87. The maximum atomic E-state index is 12.1. The van der Waals surface area contributed by atoms with E-state index in [9.17, 15) is 4.79 Å². The van der Waals surface area contributed by atoms with E-state index in [4.69, 9.17) is 5.11 Å². The molecule has 0 fully saturated rings. The molecule has 0 radical (unpaired) electrons. The number of carbonyl (C=O) groups excluding carboxylic acids is 1. The fourth-order valence-electron chi connectivity index (χ4n) is 1.32. The first-order valence-corrected chi connectivity index (χ1v) is 7.35. The summed E-state index contributed by atoms with van der Waals surface area (Å²) < 4.78 is 1.77. The Bertz CT molecular complexity index is 368. The molecule has 0 aromatic carbocycles. The number of halogens is 2. The number of hydrogen-bond acceptors (Lipinski definition) is 3. The molecule has 1 amide bonds. The van der Waals surface area contributed by atoms with Crippen LogP contribution in [-0.4, -0.2) is 35.6 Å². The number of hydrogen-bond donors (Lipinski definition) is 1. The summed E-state index contributed by atoms with van der Waals surface area (Å²) >= 11 is 8.21. The number of carbonyl (C=O) groups is 1. The van der Waals surface area contributed by atoms with Crippen LogP contribution in [0.2, 0.25) is 0 Å². The normalized spacial score (nSPS) is 10.5. The van der Waals surface area contributed by atoms with Gasteiger partial charge < -0.3 is 10.0 Å². The lowest BCUT2D eigenvalue weighted by Gasteiger charge is -2.19. The molecular formula is C10H13Br2NO2S. The van der Waals surface area contributed by atoms with Gasteiger partial charge in [-0.1, -0.05) is 0 Å². The Morgan fingerprint density at radius 3 is 2.69 bits per heavy atom. The van der Waals surface area contributed by atoms with Crippen LogP contribution in [-0.2, 0) is 0 Å². The van der Waals surface area contributed by atoms with Crippen molar-refractivity contribution in [3.8, 4) is 0 Å². The van der Waals surface area contributed by atoms with Crippen molar-refractivity contribution in [3.63, 3.8) is 0 Å². The Hall–Kier alpha value is 0.0900. The first-order valence-electron chi connectivity index (χ1n) is 4.95. The molecule has 0 unspecified atom stereocenters. The highest BCUT2D eigenvalue weighted by molar-refractivity contribution is 9.12. The Kier molecular flexibility index (Phi) is 5.96. The zero-order chi connectivity index (χ0) is 12.1. The molecule has 0 aliphatic rings. The number of amides is 1. The summed E-state index contributed by atoms with van der Waals surface area (Å²) in [6, 6.07) is 1.82. The van der Waals surface area contributed by atoms with Gasteiger partial charge in [0.25, 0.3) is 5.91 Å². The van der Waals surface area contributed by atoms with E-state index in [0.29, 0.717) is 25.1 Å². The molecule has 0 saturated heterocycles. The van der Waals surface area contributed by atoms with Crippen molar-refractivity contribution >= 4 is 49.1 Å². The molecule has 0 spiro atoms. The second-order valence-electron chi connectivity index (χ2n) is 3.20. The zero-order valence-corrected chi connectivity index (χ0v) is 12.9. The topological polar surface area (TPSA) is 40.5 Å². The second-order valence-corrected chi connectivity index (χ2v) is 6.95. The minimum Gasteiger partial charge on any atom is -0.396 e. The van der Waals surface area contributed by atoms with Crippen LogP contribution in [0.1, 0.15) is 23.7 Å². The monoisotopic (exact) mass is 369 g/mol. The second kappa shape index (κ2) is 6.74. The highest BCUT2D eigenvalue weighted by Gasteiger charge is 2.18. The summed E-state index contributed by atoms with van der Waals surface area (Å²) in [5.41, 5.74) is 0.677. The molecule has 1 rings (SSSR count). The third-order valence-corrected chi connectivity index (χ3v) is 4.48. The summed E-state index contributed by atoms with van der Waals surface area (Å²) in [6.07, 6.45) is 0.614. The molecule has 0 bridgehead atoms. The van der Waals surface area contributed by atoms with Crippen LogP contribution in [0.4, 0.5) is 0 Å². The van der Waals surface area contributed by atoms with Gasteiger partial charge in [-0.3, -0.25) is 4.79 Å². The van der Waals surface area contributed by atoms with Crippen molar-refractivity contribution < 1.29 is 9.90 Å². The van der Waals surface area contributed by atoms with Gasteiger partial charge in [0.05, 0.1) is 13.1 Å². The number of rotatable bonds is 5. The van der Waals surface area contributed by atoms with Gasteiger partial charge in [0, 0.05) is 19.7 Å². The predicted octanol–water partition coefficient (Wildman–Crippen LogP) is 3.12. The lowest BCUT2D eigenvalue weighted by atomic mass is 10.2. The molecule has 1 N–H and O–H groups in total. The van der Waals surface area contributed by atoms with Gasteiger partial charge in [0.15, 0.2) is 0 Å². The van der Waals surface area contributed by atoms with E-state index in [1.54, 1.807) is 4.90 Å². The Morgan fingerprint density at radius 1 is 1.56 bits per heavy atom. The largest absolute Gasteiger partial charge is 0.396 e. The molecule has 6 heteroatoms. The average Bonchev–Trinajstić information content (AvgIpc) is 2.58. The smallest absolute Gasteiger partial charge is 0.255 e. The summed E-state index contributed by atoms with van der Waals surface area (Å²) in [5, 5.41) is 8.77. The average molecular weight is 371 g/mol. The minimum atomic E-state index is 0.00442. The van der Waals surface area contributed by atoms with E-state index in [1.165, 1.54) is 11.3 Å². The molecule has 1 aromatic heterocycles. The number of thiophene rings is 1. The molecular weight excluding hydrogens is 358 g/mol. The summed E-state index contributed by atoms with van der Waals surface area (Å²) in [5.74, 6) is 0.00442. The van der Waals surface area contributed by atoms with Crippen LogP contribution in [0.25, 0.3) is 0 Å². The van der Waals surface area contributed by atoms with Crippen molar-refractivity contribution in [2.24, 2.45) is 0 Å². The van der Waals surface area contributed by atoms with Gasteiger partial charge in [-0.05, 0) is 51.3 Å². The highest BCUT2D eigenvalue weighted by Crippen LogP contribution is 2.32. The summed E-state index contributed by atoms with van der Waals surface area (Å²) in [7, 11) is 0. The van der Waals surface area contributed by atoms with Gasteiger partial charge in [0.2, 0.25) is 0 Å². The predicted molar refractivity (Wildman–Crippen MR) is 73.0 cm³/mol. The van der Waals surface area contributed by atoms with Crippen LogP contribution in [0, 0.1) is 0 Å². The number of nitrogens with zero attached hydrogens (tertiary/aromatic N) is 1. The number of aliphatic hydroxyl groups is 1. The first kappa shape index (κ1) is 14.2. The van der Waals surface area contributed by atoms with E-state index in [1.807, 2.05) is 13.0 Å². The SMILES string of the molecule is CCN(CCCO)C(=O)c1cc(Br)sc1Br. The quantitative estimate of drug-likeness (QED) is 0.864. The van der Waals surface area contributed by atoms with Crippen LogP contribution >= 0.6 is 43.2 Å². The molecule has 0 aliphatic heterocycles. The lowest BCUT2D eigenvalue weighted by Crippen LogP contribution is -2.32. The van der Waals surface area contributed by atoms with Gasteiger partial charge >= 0.3 is 0 Å². The maximum Gasteiger partial charge on any atom is 0.255 e. The first-order chi connectivity index (χ1) is 7.60. The summed E-state index contributed by atoms with van der Waals surface area (Å²) in [6.45, 7) is 3.29. The number of aliphatic hydroxyl groups excluding tert-OH is 1. The van der Waals surface area contributed by atoms with Crippen molar-refractivity contribution in [2.45, 2.75) is 13.3 Å². The van der Waals surface area contributed by atoms with E-state index in [-0.39, 0.29) is 12.5 Å². The minimum absolute atomic E-state index is 0.00442. The van der Waals surface area contributed by atoms with Crippen molar-refractivity contribution in [1.82, 2.24) is 4.90 Å². The Balaban J connectivity index is 2.78. The van der Waals surface area contributed by atoms with Crippen LogP contribution < -0.4 is 0 Å². The molecule has 1 aromatic rings. The highest BCUT2D eigenvalue weighted by atomic mass is 79.9. The third-order valence-electron chi connectivity index (χ3n) is 2.14. The van der Waals surface area contributed by atoms with Crippen LogP contribution in [0.5, 0.6) is 0 Å². The van der Waals surface area contributed by atoms with Crippen LogP contribution in [0.3, 0.4) is 0 Å². The van der Waals surface area contributed by atoms with E-state index in [0.717, 1.165) is 7.57 Å².